The van der Waals surface area contributed by atoms with Crippen LogP contribution in [0.3, 0.4) is 0 Å². The van der Waals surface area contributed by atoms with E-state index in [1.54, 1.807) is 7.11 Å². The lowest BCUT2D eigenvalue weighted by Crippen LogP contribution is -2.17. The van der Waals surface area contributed by atoms with Crippen molar-refractivity contribution in [1.29, 1.82) is 0 Å². The fourth-order valence-electron chi connectivity index (χ4n) is 0.814. The van der Waals surface area contributed by atoms with Gasteiger partial charge in [0.25, 0.3) is 0 Å². The number of methoxy groups -OCH3 is 1. The van der Waals surface area contributed by atoms with Gasteiger partial charge < -0.3 is 4.74 Å². The zero-order valence-electron chi connectivity index (χ0n) is 6.60. The molecule has 0 bridgehead atoms. The first kappa shape index (κ1) is 9.66. The monoisotopic (exact) mass is 155 g/mol. The Morgan fingerprint density at radius 2 is 1.80 bits per heavy atom. The van der Waals surface area contributed by atoms with E-state index < -0.39 is 0 Å². The summed E-state index contributed by atoms with van der Waals surface area (Å²) in [4.78, 5) is 0. The van der Waals surface area contributed by atoms with Crippen molar-refractivity contribution >= 4 is 8.80 Å². The molecular weight excluding hydrogens is 140 g/mol. The van der Waals surface area contributed by atoms with Crippen LogP contribution in [0.15, 0.2) is 25.3 Å². The molecule has 10 heavy (non-hydrogen) atoms. The lowest BCUT2D eigenvalue weighted by molar-refractivity contribution is 0.249. The Morgan fingerprint density at radius 3 is 2.10 bits per heavy atom. The molecule has 57 valence electrons. The first-order chi connectivity index (χ1) is 4.85. The second kappa shape index (κ2) is 6.77. The van der Waals surface area contributed by atoms with Crippen molar-refractivity contribution in [3.63, 3.8) is 0 Å². The van der Waals surface area contributed by atoms with E-state index in [1.165, 1.54) is 0 Å². The van der Waals surface area contributed by atoms with Gasteiger partial charge in [0, 0.05) is 13.3 Å². The molecule has 0 atom stereocenters. The molecule has 0 saturated carbocycles. The minimum atomic E-state index is -0.356. The third-order valence-electron chi connectivity index (χ3n) is 1.21. The molecular formula is C8H15OSi. The highest BCUT2D eigenvalue weighted by molar-refractivity contribution is 6.59. The summed E-state index contributed by atoms with van der Waals surface area (Å²) >= 11 is 0. The fourth-order valence-corrected chi connectivity index (χ4v) is 2.44. The summed E-state index contributed by atoms with van der Waals surface area (Å²) in [6.07, 6.45) is 4.84. The molecule has 0 unspecified atom stereocenters. The third kappa shape index (κ3) is 4.53. The van der Waals surface area contributed by atoms with Crippen LogP contribution in [0.5, 0.6) is 0 Å². The molecule has 0 fully saturated rings. The number of ether oxygens (including phenoxy) is 1. The van der Waals surface area contributed by atoms with E-state index in [-0.39, 0.29) is 8.80 Å². The van der Waals surface area contributed by atoms with E-state index in [1.807, 2.05) is 12.2 Å². The van der Waals surface area contributed by atoms with Gasteiger partial charge in [-0.05, 0) is 12.1 Å². The molecule has 0 N–H and O–H groups in total. The van der Waals surface area contributed by atoms with Crippen LogP contribution in [-0.4, -0.2) is 22.1 Å². The largest absolute Gasteiger partial charge is 0.388 e. The Balaban J connectivity index is 3.48. The topological polar surface area (TPSA) is 9.23 Å². The molecule has 0 aromatic rings. The highest BCUT2D eigenvalue weighted by Gasteiger charge is 2.05. The van der Waals surface area contributed by atoms with Crippen LogP contribution in [-0.2, 0) is 4.74 Å². The molecule has 0 aromatic carbocycles. The first-order valence-electron chi connectivity index (χ1n) is 3.39. The number of hydrogen-bond acceptors (Lipinski definition) is 1. The van der Waals surface area contributed by atoms with Gasteiger partial charge in [0.1, 0.15) is 0 Å². The second-order valence-corrected chi connectivity index (χ2v) is 4.77. The summed E-state index contributed by atoms with van der Waals surface area (Å²) in [5.74, 6) is 0. The first-order valence-corrected chi connectivity index (χ1v) is 5.51. The van der Waals surface area contributed by atoms with Crippen LogP contribution in [0.2, 0.25) is 12.1 Å². The summed E-state index contributed by atoms with van der Waals surface area (Å²) in [6.45, 7) is 7.40. The van der Waals surface area contributed by atoms with Gasteiger partial charge in [0.2, 0.25) is 0 Å². The molecule has 2 heteroatoms. The van der Waals surface area contributed by atoms with E-state index in [0.29, 0.717) is 0 Å². The quantitative estimate of drug-likeness (QED) is 0.421. The Kier molecular flexibility index (Phi) is 6.54. The van der Waals surface area contributed by atoms with Crippen LogP contribution in [0, 0.1) is 0 Å². The van der Waals surface area contributed by atoms with Gasteiger partial charge in [-0.15, -0.1) is 13.2 Å². The lowest BCUT2D eigenvalue weighted by Gasteiger charge is -2.07. The number of allylic oxidation sites excluding steroid dienone is 2. The molecule has 0 saturated heterocycles. The van der Waals surface area contributed by atoms with Crippen molar-refractivity contribution < 1.29 is 4.74 Å². The molecule has 0 aliphatic carbocycles. The maximum absolute atomic E-state index is 5.06. The van der Waals surface area contributed by atoms with Gasteiger partial charge in [-0.25, -0.2) is 0 Å². The van der Waals surface area contributed by atoms with Crippen LogP contribution in [0.1, 0.15) is 0 Å². The van der Waals surface area contributed by atoms with Gasteiger partial charge >= 0.3 is 0 Å². The Morgan fingerprint density at radius 1 is 1.30 bits per heavy atom. The van der Waals surface area contributed by atoms with Crippen molar-refractivity contribution in [3.8, 4) is 0 Å². The second-order valence-electron chi connectivity index (χ2n) is 2.17. The molecule has 1 radical (unpaired) electrons. The lowest BCUT2D eigenvalue weighted by atomic mass is 10.7. The van der Waals surface area contributed by atoms with Gasteiger partial charge in [0.05, 0.1) is 8.80 Å². The minimum absolute atomic E-state index is 0.356. The molecule has 0 aromatic heterocycles. The van der Waals surface area contributed by atoms with Crippen LogP contribution in [0.25, 0.3) is 0 Å². The molecule has 0 rings (SSSR count). The highest BCUT2D eigenvalue weighted by Crippen LogP contribution is 2.00. The van der Waals surface area contributed by atoms with Crippen LogP contribution < -0.4 is 0 Å². The minimum Gasteiger partial charge on any atom is -0.388 e. The Labute approximate surface area is 65.0 Å². The zero-order chi connectivity index (χ0) is 7.82. The number of hydrogen-bond donors (Lipinski definition) is 0. The molecule has 1 nitrogen and oxygen atoms in total. The molecule has 0 amide bonds. The predicted octanol–water partition coefficient (Wildman–Crippen LogP) is 2.04. The highest BCUT2D eigenvalue weighted by atomic mass is 28.3. The standard InChI is InChI=1S/C8H15OSi/c1-4-6-10(7-5-2)8-9-3/h4-5H,1-2,6-8H2,3H3. The summed E-state index contributed by atoms with van der Waals surface area (Å²) in [7, 11) is 1.39. The molecule has 0 heterocycles. The molecule has 0 aliphatic rings. The summed E-state index contributed by atoms with van der Waals surface area (Å²) in [5.41, 5.74) is 0. The van der Waals surface area contributed by atoms with Crippen molar-refractivity contribution in [2.24, 2.45) is 0 Å². The zero-order valence-corrected chi connectivity index (χ0v) is 7.60. The van der Waals surface area contributed by atoms with E-state index in [2.05, 4.69) is 13.2 Å². The van der Waals surface area contributed by atoms with E-state index in [4.69, 9.17) is 4.74 Å². The van der Waals surface area contributed by atoms with Crippen molar-refractivity contribution in [2.45, 2.75) is 12.1 Å². The van der Waals surface area contributed by atoms with Gasteiger partial charge in [-0.2, -0.15) is 0 Å². The van der Waals surface area contributed by atoms with Gasteiger partial charge in [0.15, 0.2) is 0 Å². The van der Waals surface area contributed by atoms with Crippen LogP contribution in [0.4, 0.5) is 0 Å². The third-order valence-corrected chi connectivity index (χ3v) is 3.64. The molecule has 0 aliphatic heterocycles. The SMILES string of the molecule is C=CC[Si](CC=C)COC. The van der Waals surface area contributed by atoms with Crippen LogP contribution >= 0.6 is 0 Å². The fraction of sp³-hybridized carbons (Fsp3) is 0.500. The maximum Gasteiger partial charge on any atom is 0.0883 e. The summed E-state index contributed by atoms with van der Waals surface area (Å²) in [6, 6.07) is 2.23. The van der Waals surface area contributed by atoms with Crippen molar-refractivity contribution in [3.05, 3.63) is 25.3 Å². The van der Waals surface area contributed by atoms with Crippen molar-refractivity contribution in [2.75, 3.05) is 13.3 Å². The average molecular weight is 155 g/mol. The average Bonchev–Trinajstić information content (AvgIpc) is 1.90. The van der Waals surface area contributed by atoms with E-state index in [0.717, 1.165) is 18.3 Å². The smallest absolute Gasteiger partial charge is 0.0883 e. The summed E-state index contributed by atoms with van der Waals surface area (Å²) < 4.78 is 5.06. The summed E-state index contributed by atoms with van der Waals surface area (Å²) in [5, 5.41) is 0. The van der Waals surface area contributed by atoms with Gasteiger partial charge in [-0.1, -0.05) is 12.2 Å². The predicted molar refractivity (Wildman–Crippen MR) is 47.6 cm³/mol. The normalized spacial score (nSPS) is 9.80. The van der Waals surface area contributed by atoms with Crippen molar-refractivity contribution in [1.82, 2.24) is 0 Å². The van der Waals surface area contributed by atoms with E-state index in [9.17, 15) is 0 Å². The van der Waals surface area contributed by atoms with Gasteiger partial charge in [-0.3, -0.25) is 0 Å². The van der Waals surface area contributed by atoms with E-state index >= 15 is 0 Å². The Hall–Kier alpha value is -0.343. The maximum atomic E-state index is 5.06. The molecule has 0 spiro atoms. The number of rotatable bonds is 6. The Bertz CT molecular complexity index is 91.4.